The lowest BCUT2D eigenvalue weighted by atomic mass is 10.2. The van der Waals surface area contributed by atoms with E-state index in [9.17, 15) is 4.79 Å². The summed E-state index contributed by atoms with van der Waals surface area (Å²) in [5.41, 5.74) is 1.11. The Morgan fingerprint density at radius 1 is 0.833 bits per heavy atom. The van der Waals surface area contributed by atoms with Crippen LogP contribution in [0, 0.1) is 0 Å². The van der Waals surface area contributed by atoms with E-state index in [1.807, 2.05) is 30.9 Å². The average Bonchev–Trinajstić information content (AvgIpc) is 2.38. The van der Waals surface area contributed by atoms with Crippen LogP contribution in [0.5, 0.6) is 0 Å². The molecule has 0 radical (unpaired) electrons. The van der Waals surface area contributed by atoms with Gasteiger partial charge in [0.2, 0.25) is 13.4 Å². The molecule has 0 unspecified atom stereocenters. The van der Waals surface area contributed by atoms with Crippen molar-refractivity contribution in [2.45, 2.75) is 0 Å². The summed E-state index contributed by atoms with van der Waals surface area (Å²) < 4.78 is 11.4. The number of rotatable bonds is 0. The summed E-state index contributed by atoms with van der Waals surface area (Å²) in [4.78, 5) is 12.4. The molecule has 0 aliphatic heterocycles. The molecule has 3 rings (SSSR count). The van der Waals surface area contributed by atoms with E-state index in [0.29, 0.717) is 21.9 Å². The molecular weight excluding hydrogens is 247 g/mol. The van der Waals surface area contributed by atoms with Gasteiger partial charge < -0.3 is 8.39 Å². The molecule has 0 N–H and O–H groups in total. The van der Waals surface area contributed by atoms with E-state index in [1.165, 1.54) is 0 Å². The molecular formula is C14H11O3P. The van der Waals surface area contributed by atoms with Gasteiger partial charge in [0.05, 0.1) is 10.8 Å². The lowest BCUT2D eigenvalue weighted by Crippen LogP contribution is -1.99. The SMILES string of the molecule is Cp1oc2ccccc2c(=O)c2ccccc2o1. The first kappa shape index (κ1) is 11.1. The minimum atomic E-state index is -1.08. The van der Waals surface area contributed by atoms with Gasteiger partial charge in [-0.2, -0.15) is 0 Å². The van der Waals surface area contributed by atoms with Crippen LogP contribution in [-0.2, 0) is 6.66 Å². The van der Waals surface area contributed by atoms with Crippen LogP contribution in [-0.4, -0.2) is 0 Å². The van der Waals surface area contributed by atoms with Crippen LogP contribution < -0.4 is 5.43 Å². The first-order valence-electron chi connectivity index (χ1n) is 5.58. The molecule has 0 spiro atoms. The maximum atomic E-state index is 12.4. The zero-order chi connectivity index (χ0) is 12.5. The molecule has 90 valence electrons. The summed E-state index contributed by atoms with van der Waals surface area (Å²) in [5, 5.41) is 1.17. The number of benzene rings is 2. The standard InChI is InChI=1S/C14H11O3P/c1-18-16-12-8-4-2-6-10(12)14(15)11-7-3-5-9-13(11)17-18/h2-9H,1H3. The molecule has 0 aliphatic rings. The van der Waals surface area contributed by atoms with Crippen LogP contribution >= 0.6 is 8.01 Å². The van der Waals surface area contributed by atoms with Gasteiger partial charge in [0.1, 0.15) is 11.2 Å². The molecule has 0 atom stereocenters. The van der Waals surface area contributed by atoms with Crippen LogP contribution in [0.25, 0.3) is 21.9 Å². The van der Waals surface area contributed by atoms with Gasteiger partial charge >= 0.3 is 0 Å². The lowest BCUT2D eigenvalue weighted by molar-refractivity contribution is 0.639. The van der Waals surface area contributed by atoms with E-state index < -0.39 is 8.01 Å². The summed E-state index contributed by atoms with van der Waals surface area (Å²) in [7, 11) is -1.08. The molecule has 2 aromatic carbocycles. The largest absolute Gasteiger partial charge is 0.419 e. The minimum Gasteiger partial charge on any atom is -0.419 e. The Morgan fingerprint density at radius 2 is 1.28 bits per heavy atom. The molecule has 0 aliphatic carbocycles. The van der Waals surface area contributed by atoms with E-state index in [4.69, 9.17) is 8.39 Å². The van der Waals surface area contributed by atoms with Crippen LogP contribution in [0.4, 0.5) is 0 Å². The monoisotopic (exact) mass is 258 g/mol. The number of para-hydroxylation sites is 2. The summed E-state index contributed by atoms with van der Waals surface area (Å²) >= 11 is 0. The topological polar surface area (TPSA) is 43.4 Å². The van der Waals surface area contributed by atoms with Gasteiger partial charge in [0.15, 0.2) is 0 Å². The third-order valence-electron chi connectivity index (χ3n) is 2.72. The second kappa shape index (κ2) is 4.35. The summed E-state index contributed by atoms with van der Waals surface area (Å²) in [6.07, 6.45) is 0. The molecule has 0 saturated heterocycles. The van der Waals surface area contributed by atoms with E-state index in [2.05, 4.69) is 0 Å². The van der Waals surface area contributed by atoms with Gasteiger partial charge in [-0.1, -0.05) is 24.3 Å². The highest BCUT2D eigenvalue weighted by Gasteiger charge is 2.03. The van der Waals surface area contributed by atoms with Crippen molar-refractivity contribution >= 4 is 30.0 Å². The molecule has 0 fully saturated rings. The first-order chi connectivity index (χ1) is 8.75. The maximum Gasteiger partial charge on any atom is 0.213 e. The molecule has 0 amide bonds. The van der Waals surface area contributed by atoms with Crippen molar-refractivity contribution in [1.29, 1.82) is 0 Å². The highest BCUT2D eigenvalue weighted by Crippen LogP contribution is 2.26. The summed E-state index contributed by atoms with van der Waals surface area (Å²) in [6, 6.07) is 14.5. The highest BCUT2D eigenvalue weighted by atomic mass is 31.1. The van der Waals surface area contributed by atoms with Crippen molar-refractivity contribution in [2.24, 2.45) is 6.66 Å². The normalized spacial score (nSPS) is 10.7. The Labute approximate surface area is 104 Å². The highest BCUT2D eigenvalue weighted by molar-refractivity contribution is 7.35. The first-order valence-corrected chi connectivity index (χ1v) is 7.20. The zero-order valence-electron chi connectivity index (χ0n) is 9.79. The third-order valence-corrected chi connectivity index (χ3v) is 3.62. The van der Waals surface area contributed by atoms with Crippen molar-refractivity contribution in [2.75, 3.05) is 0 Å². The fraction of sp³-hybridized carbons (Fsp3) is 0.0714. The third kappa shape index (κ3) is 1.83. The Hall–Kier alpha value is -1.99. The predicted octanol–water partition coefficient (Wildman–Crippen LogP) is 4.19. The molecule has 1 heterocycles. The van der Waals surface area contributed by atoms with Crippen LogP contribution in [0.2, 0.25) is 0 Å². The molecule has 18 heavy (non-hydrogen) atoms. The van der Waals surface area contributed by atoms with Crippen molar-refractivity contribution in [1.82, 2.24) is 0 Å². The van der Waals surface area contributed by atoms with Gasteiger partial charge in [-0.05, 0) is 24.3 Å². The Balaban J connectivity index is 2.68. The van der Waals surface area contributed by atoms with Gasteiger partial charge in [-0.3, -0.25) is 4.79 Å². The van der Waals surface area contributed by atoms with E-state index in [0.717, 1.165) is 0 Å². The molecule has 0 saturated carbocycles. The molecule has 0 bridgehead atoms. The quantitative estimate of drug-likeness (QED) is 0.607. The number of fused-ring (bicyclic) bond motifs is 2. The number of aryl methyl sites for hydroxylation is 1. The maximum absolute atomic E-state index is 12.4. The minimum absolute atomic E-state index is 0.0655. The van der Waals surface area contributed by atoms with Crippen LogP contribution in [0.3, 0.4) is 0 Å². The van der Waals surface area contributed by atoms with E-state index >= 15 is 0 Å². The molecule has 4 heteroatoms. The van der Waals surface area contributed by atoms with Gasteiger partial charge in [-0.25, -0.2) is 0 Å². The Morgan fingerprint density at radius 3 is 1.78 bits per heavy atom. The fourth-order valence-corrected chi connectivity index (χ4v) is 2.82. The smallest absolute Gasteiger partial charge is 0.213 e. The van der Waals surface area contributed by atoms with Gasteiger partial charge in [-0.15, -0.1) is 0 Å². The molecule has 3 aromatic rings. The average molecular weight is 258 g/mol. The zero-order valence-corrected chi connectivity index (χ0v) is 10.7. The second-order valence-electron chi connectivity index (χ2n) is 3.94. The second-order valence-corrected chi connectivity index (χ2v) is 5.19. The molecule has 1 aromatic heterocycles. The van der Waals surface area contributed by atoms with Gasteiger partial charge in [0.25, 0.3) is 0 Å². The van der Waals surface area contributed by atoms with E-state index in [-0.39, 0.29) is 5.43 Å². The predicted molar refractivity (Wildman–Crippen MR) is 73.6 cm³/mol. The van der Waals surface area contributed by atoms with Crippen molar-refractivity contribution in [3.05, 3.63) is 58.8 Å². The van der Waals surface area contributed by atoms with Crippen LogP contribution in [0.1, 0.15) is 0 Å². The molecule has 3 nitrogen and oxygen atoms in total. The van der Waals surface area contributed by atoms with Crippen LogP contribution in [0.15, 0.2) is 61.7 Å². The van der Waals surface area contributed by atoms with Gasteiger partial charge in [0, 0.05) is 6.66 Å². The van der Waals surface area contributed by atoms with Crippen molar-refractivity contribution in [3.63, 3.8) is 0 Å². The van der Waals surface area contributed by atoms with Crippen molar-refractivity contribution in [3.8, 4) is 0 Å². The lowest BCUT2D eigenvalue weighted by Gasteiger charge is -1.98. The Kier molecular flexibility index (Phi) is 2.69. The summed E-state index contributed by atoms with van der Waals surface area (Å²) in [5.74, 6) is 0. The number of hydrogen-bond donors (Lipinski definition) is 0. The fourth-order valence-electron chi connectivity index (χ4n) is 1.91. The number of hydrogen-bond acceptors (Lipinski definition) is 3. The Bertz CT molecular complexity index is 756. The van der Waals surface area contributed by atoms with Crippen molar-refractivity contribution < 1.29 is 8.39 Å². The summed E-state index contributed by atoms with van der Waals surface area (Å²) in [6.45, 7) is 1.87. The van der Waals surface area contributed by atoms with E-state index in [1.54, 1.807) is 24.3 Å².